The molecule has 0 radical (unpaired) electrons. The molecule has 1 aromatic rings. The Labute approximate surface area is 177 Å². The number of hydrogen-bond donors (Lipinski definition) is 0. The SMILES string of the molecule is CCC(CCC(C)C)OC(=O)c1cccc(C)c1C(=O)OC(CC)CCC(C)C. The van der Waals surface area contributed by atoms with Gasteiger partial charge in [-0.05, 0) is 68.9 Å². The van der Waals surface area contributed by atoms with Crippen LogP contribution in [0.5, 0.6) is 0 Å². The molecule has 0 spiro atoms. The number of hydrogen-bond acceptors (Lipinski definition) is 4. The minimum Gasteiger partial charge on any atom is -0.459 e. The largest absolute Gasteiger partial charge is 0.459 e. The van der Waals surface area contributed by atoms with Gasteiger partial charge in [0.15, 0.2) is 0 Å². The first-order valence-corrected chi connectivity index (χ1v) is 11.2. The average molecular weight is 405 g/mol. The zero-order valence-corrected chi connectivity index (χ0v) is 19.4. The third kappa shape index (κ3) is 8.59. The van der Waals surface area contributed by atoms with Crippen molar-refractivity contribution in [2.45, 2.75) is 99.2 Å². The highest BCUT2D eigenvalue weighted by Gasteiger charge is 2.25. The van der Waals surface area contributed by atoms with Crippen molar-refractivity contribution in [2.75, 3.05) is 0 Å². The Morgan fingerprint density at radius 2 is 1.28 bits per heavy atom. The van der Waals surface area contributed by atoms with E-state index in [0.29, 0.717) is 23.0 Å². The van der Waals surface area contributed by atoms with Gasteiger partial charge >= 0.3 is 11.9 Å². The zero-order chi connectivity index (χ0) is 22.0. The lowest BCUT2D eigenvalue weighted by molar-refractivity contribution is 0.0212. The number of carbonyl (C=O) groups excluding carboxylic acids is 2. The predicted octanol–water partition coefficient (Wildman–Crippen LogP) is 6.74. The molecule has 0 heterocycles. The van der Waals surface area contributed by atoms with Gasteiger partial charge in [-0.1, -0.05) is 53.7 Å². The van der Waals surface area contributed by atoms with Crippen LogP contribution < -0.4 is 0 Å². The molecule has 164 valence electrons. The fourth-order valence-electron chi connectivity index (χ4n) is 3.27. The molecular weight excluding hydrogens is 364 g/mol. The summed E-state index contributed by atoms with van der Waals surface area (Å²) in [6.07, 6.45) is 4.92. The summed E-state index contributed by atoms with van der Waals surface area (Å²) in [7, 11) is 0. The highest BCUT2D eigenvalue weighted by atomic mass is 16.5. The maximum Gasteiger partial charge on any atom is 0.339 e. The molecule has 29 heavy (non-hydrogen) atoms. The first-order chi connectivity index (χ1) is 13.7. The summed E-state index contributed by atoms with van der Waals surface area (Å²) >= 11 is 0. The van der Waals surface area contributed by atoms with Gasteiger partial charge in [-0.3, -0.25) is 0 Å². The zero-order valence-electron chi connectivity index (χ0n) is 19.4. The van der Waals surface area contributed by atoms with Crippen molar-refractivity contribution in [2.24, 2.45) is 11.8 Å². The molecule has 4 heteroatoms. The van der Waals surface area contributed by atoms with Crippen LogP contribution in [0.25, 0.3) is 0 Å². The average Bonchev–Trinajstić information content (AvgIpc) is 2.67. The third-order valence-corrected chi connectivity index (χ3v) is 5.29. The molecule has 0 aromatic heterocycles. The molecule has 0 saturated heterocycles. The number of rotatable bonds is 12. The van der Waals surface area contributed by atoms with Crippen molar-refractivity contribution in [3.8, 4) is 0 Å². The monoisotopic (exact) mass is 404 g/mol. The van der Waals surface area contributed by atoms with E-state index in [0.717, 1.165) is 44.1 Å². The van der Waals surface area contributed by atoms with Crippen LogP contribution in [0.2, 0.25) is 0 Å². The molecule has 0 bridgehead atoms. The fraction of sp³-hybridized carbons (Fsp3) is 0.680. The van der Waals surface area contributed by atoms with Crippen molar-refractivity contribution >= 4 is 11.9 Å². The predicted molar refractivity (Wildman–Crippen MR) is 118 cm³/mol. The van der Waals surface area contributed by atoms with Crippen LogP contribution in [0, 0.1) is 18.8 Å². The van der Waals surface area contributed by atoms with Crippen molar-refractivity contribution in [1.29, 1.82) is 0 Å². The van der Waals surface area contributed by atoms with E-state index in [1.54, 1.807) is 12.1 Å². The van der Waals surface area contributed by atoms with Crippen LogP contribution in [0.4, 0.5) is 0 Å². The van der Waals surface area contributed by atoms with Gasteiger partial charge in [-0.25, -0.2) is 9.59 Å². The van der Waals surface area contributed by atoms with E-state index in [1.807, 2.05) is 26.8 Å². The quantitative estimate of drug-likeness (QED) is 0.362. The minimum absolute atomic E-state index is 0.135. The maximum atomic E-state index is 12.9. The number of ether oxygens (including phenoxy) is 2. The van der Waals surface area contributed by atoms with E-state index in [4.69, 9.17) is 9.47 Å². The van der Waals surface area contributed by atoms with Gasteiger partial charge < -0.3 is 9.47 Å². The summed E-state index contributed by atoms with van der Waals surface area (Å²) in [6, 6.07) is 5.28. The van der Waals surface area contributed by atoms with Crippen LogP contribution in [0.15, 0.2) is 18.2 Å². The van der Waals surface area contributed by atoms with Crippen molar-refractivity contribution in [1.82, 2.24) is 0 Å². The molecule has 0 fully saturated rings. The standard InChI is InChI=1S/C25H40O4/c1-8-20(15-13-17(3)4)28-24(26)22-12-10-11-19(7)23(22)25(27)29-21(9-2)16-14-18(5)6/h10-12,17-18,20-21H,8-9,13-16H2,1-7H3. The Bertz CT molecular complexity index is 648. The van der Waals surface area contributed by atoms with Gasteiger partial charge in [0.1, 0.15) is 12.2 Å². The third-order valence-electron chi connectivity index (χ3n) is 5.29. The van der Waals surface area contributed by atoms with Gasteiger partial charge in [-0.2, -0.15) is 0 Å². The number of aryl methyl sites for hydroxylation is 1. The Kier molecular flexibility index (Phi) is 11.0. The molecule has 2 atom stereocenters. The van der Waals surface area contributed by atoms with Crippen molar-refractivity contribution in [3.05, 3.63) is 34.9 Å². The molecule has 0 aliphatic rings. The number of carbonyl (C=O) groups is 2. The topological polar surface area (TPSA) is 52.6 Å². The summed E-state index contributed by atoms with van der Waals surface area (Å²) in [5.41, 5.74) is 1.37. The summed E-state index contributed by atoms with van der Waals surface area (Å²) in [4.78, 5) is 25.8. The molecule has 1 aromatic carbocycles. The van der Waals surface area contributed by atoms with Gasteiger partial charge in [0.2, 0.25) is 0 Å². The summed E-state index contributed by atoms with van der Waals surface area (Å²) in [5.74, 6) is 0.250. The molecule has 0 amide bonds. The Hall–Kier alpha value is -1.84. The van der Waals surface area contributed by atoms with Gasteiger partial charge in [0.05, 0.1) is 11.1 Å². The van der Waals surface area contributed by atoms with Crippen LogP contribution in [0.3, 0.4) is 0 Å². The lowest BCUT2D eigenvalue weighted by Crippen LogP contribution is -2.24. The normalized spacial score (nSPS) is 13.4. The Morgan fingerprint density at radius 1 is 0.793 bits per heavy atom. The Morgan fingerprint density at radius 3 is 1.72 bits per heavy atom. The second kappa shape index (κ2) is 12.7. The van der Waals surface area contributed by atoms with Gasteiger partial charge in [-0.15, -0.1) is 0 Å². The lowest BCUT2D eigenvalue weighted by Gasteiger charge is -2.21. The molecule has 1 rings (SSSR count). The fourth-order valence-corrected chi connectivity index (χ4v) is 3.27. The molecule has 4 nitrogen and oxygen atoms in total. The van der Waals surface area contributed by atoms with Crippen LogP contribution in [-0.2, 0) is 9.47 Å². The van der Waals surface area contributed by atoms with Gasteiger partial charge in [0, 0.05) is 0 Å². The summed E-state index contributed by atoms with van der Waals surface area (Å²) in [5, 5.41) is 0. The molecule has 2 unspecified atom stereocenters. The first-order valence-electron chi connectivity index (χ1n) is 11.2. The summed E-state index contributed by atoms with van der Waals surface area (Å²) in [6.45, 7) is 14.5. The van der Waals surface area contributed by atoms with Crippen molar-refractivity contribution < 1.29 is 19.1 Å². The molecule has 0 aliphatic carbocycles. The van der Waals surface area contributed by atoms with E-state index in [1.165, 1.54) is 0 Å². The minimum atomic E-state index is -0.438. The highest BCUT2D eigenvalue weighted by molar-refractivity contribution is 6.04. The number of esters is 2. The number of benzene rings is 1. The molecular formula is C25H40O4. The van der Waals surface area contributed by atoms with E-state index in [9.17, 15) is 9.59 Å². The van der Waals surface area contributed by atoms with Crippen molar-refractivity contribution in [3.63, 3.8) is 0 Å². The van der Waals surface area contributed by atoms with Crippen LogP contribution >= 0.6 is 0 Å². The van der Waals surface area contributed by atoms with E-state index in [-0.39, 0.29) is 12.2 Å². The maximum absolute atomic E-state index is 12.9. The summed E-state index contributed by atoms with van der Waals surface area (Å²) < 4.78 is 11.5. The van der Waals surface area contributed by atoms with E-state index < -0.39 is 11.9 Å². The molecule has 0 N–H and O–H groups in total. The Balaban J connectivity index is 2.96. The molecule has 0 saturated carbocycles. The second-order valence-corrected chi connectivity index (χ2v) is 8.81. The van der Waals surface area contributed by atoms with Crippen LogP contribution in [-0.4, -0.2) is 24.1 Å². The smallest absolute Gasteiger partial charge is 0.339 e. The van der Waals surface area contributed by atoms with Crippen LogP contribution in [0.1, 0.15) is 106 Å². The molecule has 0 aliphatic heterocycles. The van der Waals surface area contributed by atoms with E-state index >= 15 is 0 Å². The van der Waals surface area contributed by atoms with E-state index in [2.05, 4.69) is 27.7 Å². The first kappa shape index (κ1) is 25.2. The second-order valence-electron chi connectivity index (χ2n) is 8.81. The lowest BCUT2D eigenvalue weighted by atomic mass is 10.0. The van der Waals surface area contributed by atoms with Gasteiger partial charge in [0.25, 0.3) is 0 Å². The highest BCUT2D eigenvalue weighted by Crippen LogP contribution is 2.22.